The number of benzene rings is 1. The number of hydrogen-bond donors (Lipinski definition) is 0. The van der Waals surface area contributed by atoms with Crippen molar-refractivity contribution in [1.29, 1.82) is 0 Å². The zero-order chi connectivity index (χ0) is 18.4. The molecule has 1 aromatic rings. The third-order valence-electron chi connectivity index (χ3n) is 4.01. The van der Waals surface area contributed by atoms with Crippen LogP contribution in [0.4, 0.5) is 18.0 Å². The van der Waals surface area contributed by atoms with E-state index in [2.05, 4.69) is 0 Å². The number of alkyl halides is 3. The van der Waals surface area contributed by atoms with E-state index in [1.54, 1.807) is 0 Å². The number of nitrogens with zero attached hydrogens (tertiary/aromatic N) is 2. The molecule has 1 fully saturated rings. The lowest BCUT2D eigenvalue weighted by atomic mass is 10.1. The lowest BCUT2D eigenvalue weighted by Gasteiger charge is -2.34. The second kappa shape index (κ2) is 8.22. The lowest BCUT2D eigenvalue weighted by molar-refractivity contribution is -0.137. The highest BCUT2D eigenvalue weighted by Crippen LogP contribution is 2.29. The Labute approximate surface area is 144 Å². The number of amides is 2. The fourth-order valence-electron chi connectivity index (χ4n) is 2.47. The summed E-state index contributed by atoms with van der Waals surface area (Å²) in [6.07, 6.45) is -3.08. The van der Waals surface area contributed by atoms with Gasteiger partial charge in [0.15, 0.2) is 0 Å². The van der Waals surface area contributed by atoms with Crippen molar-refractivity contribution < 1.29 is 27.5 Å². The van der Waals surface area contributed by atoms with E-state index in [-0.39, 0.29) is 11.5 Å². The molecule has 8 heteroatoms. The van der Waals surface area contributed by atoms with Crippen LogP contribution in [-0.2, 0) is 10.9 Å². The molecule has 1 aliphatic heterocycles. The normalized spacial score (nSPS) is 15.2. The third kappa shape index (κ3) is 5.11. The molecule has 1 aromatic carbocycles. The smallest absolute Gasteiger partial charge is 0.416 e. The number of hydrogen-bond acceptors (Lipinski definition) is 3. The Morgan fingerprint density at radius 1 is 1.04 bits per heavy atom. The first kappa shape index (κ1) is 19.1. The summed E-state index contributed by atoms with van der Waals surface area (Å²) in [5.74, 6) is -0.340. The fourth-order valence-corrected chi connectivity index (χ4v) is 2.47. The largest absolute Gasteiger partial charge is 0.449 e. The molecule has 0 N–H and O–H groups in total. The first-order valence-electron chi connectivity index (χ1n) is 8.21. The van der Waals surface area contributed by atoms with E-state index >= 15 is 0 Å². The van der Waals surface area contributed by atoms with Crippen LogP contribution in [0.15, 0.2) is 24.3 Å². The number of unbranched alkanes of at least 4 members (excludes halogenated alkanes) is 1. The van der Waals surface area contributed by atoms with Crippen molar-refractivity contribution in [1.82, 2.24) is 9.80 Å². The number of halogens is 3. The van der Waals surface area contributed by atoms with Crippen LogP contribution in [-0.4, -0.2) is 54.6 Å². The van der Waals surface area contributed by atoms with Crippen molar-refractivity contribution in [3.8, 4) is 0 Å². The van der Waals surface area contributed by atoms with Gasteiger partial charge in [0.05, 0.1) is 12.2 Å². The third-order valence-corrected chi connectivity index (χ3v) is 4.01. The van der Waals surface area contributed by atoms with Crippen molar-refractivity contribution in [3.63, 3.8) is 0 Å². The molecule has 0 aromatic heterocycles. The molecular formula is C17H21F3N2O3. The zero-order valence-electron chi connectivity index (χ0n) is 14.0. The monoisotopic (exact) mass is 358 g/mol. The molecular weight excluding hydrogens is 337 g/mol. The summed E-state index contributed by atoms with van der Waals surface area (Å²) in [7, 11) is 0. The predicted octanol–water partition coefficient (Wildman–Crippen LogP) is 3.40. The number of rotatable bonds is 4. The van der Waals surface area contributed by atoms with Gasteiger partial charge in [-0.1, -0.05) is 13.3 Å². The van der Waals surface area contributed by atoms with Gasteiger partial charge in [0.1, 0.15) is 0 Å². The Morgan fingerprint density at radius 3 is 2.12 bits per heavy atom. The van der Waals surface area contributed by atoms with Crippen LogP contribution < -0.4 is 0 Å². The standard InChI is InChI=1S/C17H21F3N2O3/c1-2-3-12-25-16(24)22-10-8-21(9-11-22)15(23)13-4-6-14(7-5-13)17(18,19)20/h4-7H,2-3,8-12H2,1H3. The van der Waals surface area contributed by atoms with E-state index in [1.807, 2.05) is 6.92 Å². The topological polar surface area (TPSA) is 49.9 Å². The maximum absolute atomic E-state index is 12.6. The summed E-state index contributed by atoms with van der Waals surface area (Å²) < 4.78 is 42.8. The van der Waals surface area contributed by atoms with Crippen LogP contribution in [0.1, 0.15) is 35.7 Å². The second-order valence-electron chi connectivity index (χ2n) is 5.82. The van der Waals surface area contributed by atoms with Crippen molar-refractivity contribution >= 4 is 12.0 Å². The molecule has 0 bridgehead atoms. The van der Waals surface area contributed by atoms with Crippen LogP contribution in [0.3, 0.4) is 0 Å². The van der Waals surface area contributed by atoms with Crippen LogP contribution in [0.5, 0.6) is 0 Å². The molecule has 0 saturated carbocycles. The van der Waals surface area contributed by atoms with Crippen molar-refractivity contribution in [2.45, 2.75) is 25.9 Å². The summed E-state index contributed by atoms with van der Waals surface area (Å²) in [6.45, 7) is 3.71. The minimum absolute atomic E-state index is 0.201. The first-order chi connectivity index (χ1) is 11.8. The quantitative estimate of drug-likeness (QED) is 0.775. The zero-order valence-corrected chi connectivity index (χ0v) is 14.0. The average molecular weight is 358 g/mol. The Kier molecular flexibility index (Phi) is 6.27. The molecule has 1 saturated heterocycles. The summed E-state index contributed by atoms with van der Waals surface area (Å²) in [5, 5.41) is 0. The predicted molar refractivity (Wildman–Crippen MR) is 85.2 cm³/mol. The van der Waals surface area contributed by atoms with Gasteiger partial charge < -0.3 is 14.5 Å². The van der Waals surface area contributed by atoms with Gasteiger partial charge in [-0.15, -0.1) is 0 Å². The molecule has 25 heavy (non-hydrogen) atoms. The van der Waals surface area contributed by atoms with Crippen LogP contribution in [0, 0.1) is 0 Å². The molecule has 1 aliphatic rings. The average Bonchev–Trinajstić information content (AvgIpc) is 2.61. The number of ether oxygens (including phenoxy) is 1. The Bertz CT molecular complexity index is 594. The minimum atomic E-state index is -4.43. The van der Waals surface area contributed by atoms with Gasteiger partial charge in [-0.25, -0.2) is 4.79 Å². The van der Waals surface area contributed by atoms with Gasteiger partial charge in [-0.3, -0.25) is 4.79 Å². The molecule has 0 spiro atoms. The molecule has 138 valence electrons. The number of carbonyl (C=O) groups is 2. The van der Waals surface area contributed by atoms with Crippen LogP contribution in [0.2, 0.25) is 0 Å². The lowest BCUT2D eigenvalue weighted by Crippen LogP contribution is -2.50. The highest BCUT2D eigenvalue weighted by molar-refractivity contribution is 5.94. The first-order valence-corrected chi connectivity index (χ1v) is 8.21. The van der Waals surface area contributed by atoms with E-state index in [4.69, 9.17) is 4.74 Å². The summed E-state index contributed by atoms with van der Waals surface area (Å²) in [6, 6.07) is 4.15. The molecule has 0 atom stereocenters. The van der Waals surface area contributed by atoms with E-state index in [0.29, 0.717) is 32.8 Å². The SMILES string of the molecule is CCCCOC(=O)N1CCN(C(=O)c2ccc(C(F)(F)F)cc2)CC1. The Morgan fingerprint density at radius 2 is 1.60 bits per heavy atom. The molecule has 2 rings (SSSR count). The summed E-state index contributed by atoms with van der Waals surface area (Å²) in [5.41, 5.74) is -0.587. The highest BCUT2D eigenvalue weighted by Gasteiger charge is 2.31. The Hall–Kier alpha value is -2.25. The number of piperazine rings is 1. The molecule has 2 amide bonds. The van der Waals surface area contributed by atoms with Gasteiger partial charge >= 0.3 is 12.3 Å². The summed E-state index contributed by atoms with van der Waals surface area (Å²) >= 11 is 0. The highest BCUT2D eigenvalue weighted by atomic mass is 19.4. The maximum Gasteiger partial charge on any atom is 0.416 e. The van der Waals surface area contributed by atoms with E-state index in [1.165, 1.54) is 21.9 Å². The molecule has 0 radical (unpaired) electrons. The molecule has 0 aliphatic carbocycles. The van der Waals surface area contributed by atoms with Gasteiger partial charge in [0.2, 0.25) is 0 Å². The van der Waals surface area contributed by atoms with Gasteiger partial charge in [0, 0.05) is 31.7 Å². The minimum Gasteiger partial charge on any atom is -0.449 e. The maximum atomic E-state index is 12.6. The fraction of sp³-hybridized carbons (Fsp3) is 0.529. The molecule has 0 unspecified atom stereocenters. The molecule has 1 heterocycles. The van der Waals surface area contributed by atoms with Gasteiger partial charge in [0.25, 0.3) is 5.91 Å². The van der Waals surface area contributed by atoms with Crippen LogP contribution in [0.25, 0.3) is 0 Å². The van der Waals surface area contributed by atoms with Crippen LogP contribution >= 0.6 is 0 Å². The number of carbonyl (C=O) groups excluding carboxylic acids is 2. The second-order valence-corrected chi connectivity index (χ2v) is 5.82. The summed E-state index contributed by atoms with van der Waals surface area (Å²) in [4.78, 5) is 27.3. The van der Waals surface area contributed by atoms with Crippen molar-refractivity contribution in [2.24, 2.45) is 0 Å². The van der Waals surface area contributed by atoms with E-state index in [0.717, 1.165) is 25.0 Å². The van der Waals surface area contributed by atoms with Gasteiger partial charge in [-0.2, -0.15) is 13.2 Å². The van der Waals surface area contributed by atoms with Crippen molar-refractivity contribution in [3.05, 3.63) is 35.4 Å². The van der Waals surface area contributed by atoms with Crippen molar-refractivity contribution in [2.75, 3.05) is 32.8 Å². The van der Waals surface area contributed by atoms with E-state index < -0.39 is 17.8 Å². The molecule has 5 nitrogen and oxygen atoms in total. The van der Waals surface area contributed by atoms with E-state index in [9.17, 15) is 22.8 Å². The Balaban J connectivity index is 1.87. The van der Waals surface area contributed by atoms with Gasteiger partial charge in [-0.05, 0) is 30.7 Å².